The minimum atomic E-state index is -0.564. The van der Waals surface area contributed by atoms with Gasteiger partial charge in [-0.15, -0.1) is 11.8 Å². The van der Waals surface area contributed by atoms with Gasteiger partial charge in [0.05, 0.1) is 13.2 Å². The van der Waals surface area contributed by atoms with E-state index in [9.17, 15) is 19.2 Å². The zero-order valence-corrected chi connectivity index (χ0v) is 28.4. The molecular weight excluding hydrogens is 620 g/mol. The fraction of sp³-hybridized carbons (Fsp3) is 0.441. The number of hydrogen-bond acceptors (Lipinski definition) is 8. The van der Waals surface area contributed by atoms with Crippen LogP contribution in [0.3, 0.4) is 0 Å². The number of aliphatic hydroxyl groups is 1. The molecule has 13 heteroatoms. The third-order valence-corrected chi connectivity index (χ3v) is 8.38. The summed E-state index contributed by atoms with van der Waals surface area (Å²) in [4.78, 5) is 50.5. The third kappa shape index (κ3) is 12.7. The molecule has 0 radical (unpaired) electrons. The van der Waals surface area contributed by atoms with Gasteiger partial charge in [0, 0.05) is 42.4 Å². The van der Waals surface area contributed by atoms with Crippen molar-refractivity contribution in [2.75, 3.05) is 26.2 Å². The molecule has 0 saturated carbocycles. The lowest BCUT2D eigenvalue weighted by Crippen LogP contribution is -2.52. The first kappa shape index (κ1) is 38.8. The van der Waals surface area contributed by atoms with E-state index in [-0.39, 0.29) is 53.9 Å². The van der Waals surface area contributed by atoms with Crippen molar-refractivity contribution in [1.82, 2.24) is 20.9 Å². The fourth-order valence-electron chi connectivity index (χ4n) is 4.94. The molecule has 0 bridgehead atoms. The van der Waals surface area contributed by atoms with E-state index in [1.165, 1.54) is 6.92 Å². The van der Waals surface area contributed by atoms with Crippen LogP contribution in [0.5, 0.6) is 11.5 Å². The summed E-state index contributed by atoms with van der Waals surface area (Å²) in [5.41, 5.74) is 6.75. The van der Waals surface area contributed by atoms with Gasteiger partial charge in [-0.2, -0.15) is 0 Å². The van der Waals surface area contributed by atoms with Crippen LogP contribution in [-0.2, 0) is 14.4 Å². The zero-order valence-electron chi connectivity index (χ0n) is 27.6. The second-order valence-electron chi connectivity index (χ2n) is 10.5. The Morgan fingerprint density at radius 2 is 1.66 bits per heavy atom. The number of benzene rings is 2. The van der Waals surface area contributed by atoms with Gasteiger partial charge in [0.1, 0.15) is 23.4 Å². The van der Waals surface area contributed by atoms with Crippen LogP contribution < -0.4 is 26.4 Å². The van der Waals surface area contributed by atoms with Crippen LogP contribution in [0.15, 0.2) is 65.6 Å². The Labute approximate surface area is 281 Å². The number of carbonyl (C=O) groups excluding carboxylic acids is 4. The lowest BCUT2D eigenvalue weighted by Gasteiger charge is -2.29. The van der Waals surface area contributed by atoms with Crippen LogP contribution in [-0.4, -0.2) is 83.0 Å². The summed E-state index contributed by atoms with van der Waals surface area (Å²) >= 11 is 1.55. The molecule has 3 unspecified atom stereocenters. The molecule has 0 aromatic heterocycles. The lowest BCUT2D eigenvalue weighted by molar-refractivity contribution is -0.139. The maximum atomic E-state index is 13.2. The van der Waals surface area contributed by atoms with Crippen LogP contribution in [0.1, 0.15) is 63.7 Å². The molecule has 47 heavy (non-hydrogen) atoms. The number of carbonyl (C=O) groups is 4. The Hall–Kier alpha value is -4.36. The maximum Gasteiger partial charge on any atom is 0.251 e. The Morgan fingerprint density at radius 3 is 2.21 bits per heavy atom. The molecule has 2 aliphatic rings. The number of nitrogens with zero attached hydrogens (tertiary/aromatic N) is 1. The van der Waals surface area contributed by atoms with E-state index in [1.807, 2.05) is 56.5 Å². The molecule has 0 spiro atoms. The topological polar surface area (TPSA) is 187 Å². The number of amides is 4. The normalized spacial score (nSPS) is 17.9. The average Bonchev–Trinajstić information content (AvgIpc) is 3.75. The Bertz CT molecular complexity index is 1350. The van der Waals surface area contributed by atoms with Crippen molar-refractivity contribution in [1.29, 1.82) is 5.41 Å². The number of nitrogens with two attached hydrogens (primary N) is 1. The Balaban J connectivity index is 0.000000756. The highest BCUT2D eigenvalue weighted by atomic mass is 32.2. The van der Waals surface area contributed by atoms with Crippen molar-refractivity contribution >= 4 is 41.2 Å². The molecule has 2 heterocycles. The number of amidine groups is 1. The number of para-hydroxylation sites is 1. The summed E-state index contributed by atoms with van der Waals surface area (Å²) in [6, 6.07) is 15.4. The van der Waals surface area contributed by atoms with Crippen molar-refractivity contribution in [3.63, 3.8) is 0 Å². The third-order valence-electron chi connectivity index (χ3n) is 7.25. The number of ether oxygens (including phenoxy) is 1. The summed E-state index contributed by atoms with van der Waals surface area (Å²) < 4.78 is 5.76. The summed E-state index contributed by atoms with van der Waals surface area (Å²) in [5, 5.41) is 25.7. The molecule has 12 nitrogen and oxygen atoms in total. The molecule has 0 aliphatic carbocycles. The van der Waals surface area contributed by atoms with Gasteiger partial charge in [-0.3, -0.25) is 24.6 Å². The first-order valence-corrected chi connectivity index (χ1v) is 16.8. The molecule has 2 aromatic rings. The van der Waals surface area contributed by atoms with Crippen LogP contribution in [0.2, 0.25) is 0 Å². The molecular formula is C34H48N6O6S. The highest BCUT2D eigenvalue weighted by Crippen LogP contribution is 2.30. The summed E-state index contributed by atoms with van der Waals surface area (Å²) in [5.74, 6) is 0.422. The fourth-order valence-corrected chi connectivity index (χ4v) is 5.98. The second kappa shape index (κ2) is 20.7. The summed E-state index contributed by atoms with van der Waals surface area (Å²) in [6.07, 6.45) is 2.69. The van der Waals surface area contributed by atoms with Crippen LogP contribution in [0, 0.1) is 5.41 Å². The molecule has 2 aliphatic heterocycles. The highest BCUT2D eigenvalue weighted by Gasteiger charge is 2.40. The molecule has 7 N–H and O–H groups in total. The monoisotopic (exact) mass is 668 g/mol. The highest BCUT2D eigenvalue weighted by molar-refractivity contribution is 8.03. The first-order valence-electron chi connectivity index (χ1n) is 15.9. The molecule has 1 saturated heterocycles. The Kier molecular flexibility index (Phi) is 17.1. The molecule has 1 fully saturated rings. The molecule has 2 aromatic carbocycles. The molecule has 3 atom stereocenters. The molecule has 4 rings (SSSR count). The number of aliphatic hydroxyl groups excluding tert-OH is 1. The van der Waals surface area contributed by atoms with Crippen molar-refractivity contribution in [2.24, 2.45) is 5.73 Å². The van der Waals surface area contributed by atoms with E-state index in [0.717, 1.165) is 18.4 Å². The lowest BCUT2D eigenvalue weighted by atomic mass is 10.1. The van der Waals surface area contributed by atoms with Crippen molar-refractivity contribution in [2.45, 2.75) is 70.7 Å². The SMILES string of the molecule is CC.CC(=O)NCCO.CCC1CCC(C(=O)NCC2CC(C(=N)N)=CS2)N1C(=O)CNC(=O)c1ccc(Oc2ccccc2)cc1. The van der Waals surface area contributed by atoms with Gasteiger partial charge in [-0.05, 0) is 67.5 Å². The number of thioether (sulfide) groups is 1. The van der Waals surface area contributed by atoms with Crippen molar-refractivity contribution in [3.8, 4) is 11.5 Å². The number of nitrogens with one attached hydrogen (secondary N) is 4. The summed E-state index contributed by atoms with van der Waals surface area (Å²) in [6.45, 7) is 8.02. The van der Waals surface area contributed by atoms with Gasteiger partial charge in [0.2, 0.25) is 17.7 Å². The molecule has 4 amide bonds. The standard InChI is InChI=1S/C28H33N5O4S.C4H9NO2.C2H6/c1-2-20-10-13-24(28(36)31-15-23-14-19(17-38-23)26(29)30)33(20)25(34)16-32-27(35)18-8-11-22(12-9-18)37-21-6-4-3-5-7-21;1-4(7)5-2-3-6;1-2/h3-9,11-12,17,20,23-24H,2,10,13-16H2,1H3,(H3,29,30)(H,31,36)(H,32,35);6H,2-3H2,1H3,(H,5,7);1-2H3. The second-order valence-corrected chi connectivity index (χ2v) is 11.7. The largest absolute Gasteiger partial charge is 0.457 e. The van der Waals surface area contributed by atoms with Crippen molar-refractivity contribution < 1.29 is 29.0 Å². The Morgan fingerprint density at radius 1 is 1.00 bits per heavy atom. The van der Waals surface area contributed by atoms with E-state index in [0.29, 0.717) is 43.0 Å². The van der Waals surface area contributed by atoms with E-state index in [1.54, 1.807) is 40.9 Å². The average molecular weight is 669 g/mol. The van der Waals surface area contributed by atoms with Crippen LogP contribution >= 0.6 is 11.8 Å². The predicted molar refractivity (Wildman–Crippen MR) is 185 cm³/mol. The molecule has 256 valence electrons. The smallest absolute Gasteiger partial charge is 0.251 e. The van der Waals surface area contributed by atoms with Gasteiger partial charge in [0.15, 0.2) is 0 Å². The van der Waals surface area contributed by atoms with E-state index < -0.39 is 6.04 Å². The van der Waals surface area contributed by atoms with E-state index in [2.05, 4.69) is 16.0 Å². The quantitative estimate of drug-likeness (QED) is 0.146. The van der Waals surface area contributed by atoms with Gasteiger partial charge in [0.25, 0.3) is 5.91 Å². The minimum absolute atomic E-state index is 0.0135. The maximum absolute atomic E-state index is 13.2. The van der Waals surface area contributed by atoms with Crippen molar-refractivity contribution in [3.05, 3.63) is 71.1 Å². The van der Waals surface area contributed by atoms with Gasteiger partial charge in [-0.1, -0.05) is 39.0 Å². The van der Waals surface area contributed by atoms with E-state index >= 15 is 0 Å². The van der Waals surface area contributed by atoms with Gasteiger partial charge < -0.3 is 36.4 Å². The summed E-state index contributed by atoms with van der Waals surface area (Å²) in [7, 11) is 0. The van der Waals surface area contributed by atoms with Gasteiger partial charge >= 0.3 is 0 Å². The zero-order chi connectivity index (χ0) is 34.8. The van der Waals surface area contributed by atoms with Gasteiger partial charge in [-0.25, -0.2) is 0 Å². The van der Waals surface area contributed by atoms with Crippen LogP contribution in [0.25, 0.3) is 0 Å². The number of hydrogen-bond donors (Lipinski definition) is 6. The number of likely N-dealkylation sites (tertiary alicyclic amines) is 1. The number of rotatable bonds is 12. The van der Waals surface area contributed by atoms with E-state index in [4.69, 9.17) is 21.0 Å². The minimum Gasteiger partial charge on any atom is -0.457 e. The van der Waals surface area contributed by atoms with Crippen LogP contribution in [0.4, 0.5) is 0 Å². The predicted octanol–water partition coefficient (Wildman–Crippen LogP) is 3.56. The first-order chi connectivity index (χ1) is 22.6.